The van der Waals surface area contributed by atoms with Crippen LogP contribution in [0.25, 0.3) is 0 Å². The van der Waals surface area contributed by atoms with Crippen LogP contribution in [-0.4, -0.2) is 34.1 Å². The van der Waals surface area contributed by atoms with Crippen LogP contribution >= 0.6 is 0 Å². The average Bonchev–Trinajstić information content (AvgIpc) is 2.87. The van der Waals surface area contributed by atoms with Gasteiger partial charge >= 0.3 is 5.97 Å². The highest BCUT2D eigenvalue weighted by Gasteiger charge is 2.05. The lowest BCUT2D eigenvalue weighted by atomic mass is 10.1. The van der Waals surface area contributed by atoms with Gasteiger partial charge in [-0.25, -0.2) is 0 Å². The molecule has 0 aromatic carbocycles. The molecule has 0 bridgehead atoms. The van der Waals surface area contributed by atoms with Gasteiger partial charge in [-0.3, -0.25) is 4.79 Å². The highest BCUT2D eigenvalue weighted by Crippen LogP contribution is 2.04. The van der Waals surface area contributed by atoms with Crippen LogP contribution in [-0.2, 0) is 4.79 Å². The largest absolute Gasteiger partial charge is 0.481 e. The predicted molar refractivity (Wildman–Crippen MR) is 79.4 cm³/mol. The fraction of sp³-hybridized carbons (Fsp3) is 0.667. The van der Waals surface area contributed by atoms with Crippen LogP contribution in [0.2, 0.25) is 0 Å². The average molecular weight is 268 g/mol. The molecule has 0 radical (unpaired) electrons. The first kappa shape index (κ1) is 17.6. The minimum atomic E-state index is -0.670. The van der Waals surface area contributed by atoms with Gasteiger partial charge in [-0.2, -0.15) is 0 Å². The van der Waals surface area contributed by atoms with Crippen molar-refractivity contribution in [3.8, 4) is 0 Å². The molecule has 0 saturated heterocycles. The normalized spacial score (nSPS) is 13.2. The molecule has 0 atom stereocenters. The second-order valence-electron chi connectivity index (χ2n) is 4.60. The van der Waals surface area contributed by atoms with E-state index < -0.39 is 5.97 Å². The maximum absolute atomic E-state index is 10.0. The Morgan fingerprint density at radius 3 is 2.37 bits per heavy atom. The maximum atomic E-state index is 10.0. The molecule has 1 aliphatic rings. The van der Waals surface area contributed by atoms with Crippen LogP contribution in [0.4, 0.5) is 0 Å². The number of unbranched alkanes of at least 4 members (excludes halogenated alkanes) is 4. The Kier molecular flexibility index (Phi) is 10.7. The Labute approximate surface area is 117 Å². The quantitative estimate of drug-likeness (QED) is 0.683. The summed E-state index contributed by atoms with van der Waals surface area (Å²) in [6.07, 6.45) is 11.8. The molecule has 4 heteroatoms. The summed E-state index contributed by atoms with van der Waals surface area (Å²) in [7, 11) is 0. The zero-order valence-electron chi connectivity index (χ0n) is 12.3. The van der Waals surface area contributed by atoms with Gasteiger partial charge in [-0.15, -0.1) is 0 Å². The molecule has 0 amide bonds. The molecule has 0 unspecified atom stereocenters. The van der Waals surface area contributed by atoms with Gasteiger partial charge in [0, 0.05) is 25.4 Å². The minimum Gasteiger partial charge on any atom is -0.481 e. The van der Waals surface area contributed by atoms with E-state index in [0.717, 1.165) is 26.1 Å². The predicted octanol–water partition coefficient (Wildman–Crippen LogP) is 3.63. The van der Waals surface area contributed by atoms with Gasteiger partial charge in [-0.1, -0.05) is 39.2 Å². The van der Waals surface area contributed by atoms with Gasteiger partial charge in [0.25, 0.3) is 0 Å². The van der Waals surface area contributed by atoms with Crippen molar-refractivity contribution in [1.82, 2.24) is 9.80 Å². The molecular formula is C15H28N2O2. The van der Waals surface area contributed by atoms with Crippen LogP contribution in [0.1, 0.15) is 52.4 Å². The smallest absolute Gasteiger partial charge is 0.303 e. The highest BCUT2D eigenvalue weighted by molar-refractivity contribution is 5.66. The number of carbonyl (C=O) groups is 1. The summed E-state index contributed by atoms with van der Waals surface area (Å²) in [4.78, 5) is 14.3. The summed E-state index contributed by atoms with van der Waals surface area (Å²) in [6.45, 7) is 9.97. The Hall–Kier alpha value is -1.45. The van der Waals surface area contributed by atoms with Gasteiger partial charge < -0.3 is 14.9 Å². The third kappa shape index (κ3) is 10.2. The Balaban J connectivity index is 0.000000342. The number of carboxylic acid groups (broad SMARTS) is 1. The SMILES string of the molecule is C=CN1C=CN(CC)C1.CCCCCCCC(=O)O. The number of aliphatic carboxylic acids is 1. The summed E-state index contributed by atoms with van der Waals surface area (Å²) in [5.74, 6) is -0.670. The summed E-state index contributed by atoms with van der Waals surface area (Å²) < 4.78 is 0. The van der Waals surface area contributed by atoms with Crippen molar-refractivity contribution in [1.29, 1.82) is 0 Å². The third-order valence-corrected chi connectivity index (χ3v) is 2.95. The fourth-order valence-electron chi connectivity index (χ4n) is 1.69. The second-order valence-corrected chi connectivity index (χ2v) is 4.60. The van der Waals surface area contributed by atoms with E-state index in [1.807, 2.05) is 17.3 Å². The first-order valence-corrected chi connectivity index (χ1v) is 7.16. The van der Waals surface area contributed by atoms with Crippen LogP contribution in [0.3, 0.4) is 0 Å². The molecule has 1 heterocycles. The van der Waals surface area contributed by atoms with Crippen molar-refractivity contribution in [3.05, 3.63) is 25.2 Å². The summed E-state index contributed by atoms with van der Waals surface area (Å²) in [5.41, 5.74) is 0. The summed E-state index contributed by atoms with van der Waals surface area (Å²) in [5, 5.41) is 8.27. The number of nitrogens with zero attached hydrogens (tertiary/aromatic N) is 2. The summed E-state index contributed by atoms with van der Waals surface area (Å²) in [6, 6.07) is 0. The van der Waals surface area contributed by atoms with Crippen molar-refractivity contribution in [3.63, 3.8) is 0 Å². The molecule has 0 aromatic heterocycles. The zero-order valence-corrected chi connectivity index (χ0v) is 12.3. The molecule has 0 aliphatic carbocycles. The molecule has 1 rings (SSSR count). The van der Waals surface area contributed by atoms with E-state index >= 15 is 0 Å². The minimum absolute atomic E-state index is 0.337. The van der Waals surface area contributed by atoms with Gasteiger partial charge in [0.15, 0.2) is 0 Å². The van der Waals surface area contributed by atoms with E-state index in [4.69, 9.17) is 5.11 Å². The van der Waals surface area contributed by atoms with E-state index in [9.17, 15) is 4.79 Å². The molecule has 0 aromatic rings. The maximum Gasteiger partial charge on any atom is 0.303 e. The fourth-order valence-corrected chi connectivity index (χ4v) is 1.69. The van der Waals surface area contributed by atoms with E-state index in [-0.39, 0.29) is 0 Å². The molecule has 1 N–H and O–H groups in total. The van der Waals surface area contributed by atoms with Crippen LogP contribution in [0, 0.1) is 0 Å². The van der Waals surface area contributed by atoms with E-state index in [0.29, 0.717) is 6.42 Å². The molecule has 0 saturated carbocycles. The number of hydrogen-bond acceptors (Lipinski definition) is 3. The zero-order chi connectivity index (χ0) is 14.5. The standard InChI is InChI=1S/C8H16O2.C7H12N2/c1-2-3-4-5-6-7-8(9)10;1-3-8-5-6-9(4-2)7-8/h2-7H2,1H3,(H,9,10);3,5-6H,1,4,7H2,2H3. The topological polar surface area (TPSA) is 43.8 Å². The molecule has 19 heavy (non-hydrogen) atoms. The lowest BCUT2D eigenvalue weighted by molar-refractivity contribution is -0.137. The molecule has 0 spiro atoms. The lowest BCUT2D eigenvalue weighted by Gasteiger charge is -2.15. The molecule has 4 nitrogen and oxygen atoms in total. The van der Waals surface area contributed by atoms with Gasteiger partial charge in [0.05, 0.1) is 6.67 Å². The third-order valence-electron chi connectivity index (χ3n) is 2.95. The van der Waals surface area contributed by atoms with Crippen LogP contribution < -0.4 is 0 Å². The number of hydrogen-bond donors (Lipinski definition) is 1. The summed E-state index contributed by atoms with van der Waals surface area (Å²) >= 11 is 0. The molecule has 110 valence electrons. The van der Waals surface area contributed by atoms with Gasteiger partial charge in [0.1, 0.15) is 0 Å². The van der Waals surface area contributed by atoms with E-state index in [1.165, 1.54) is 19.3 Å². The van der Waals surface area contributed by atoms with Gasteiger partial charge in [0.2, 0.25) is 0 Å². The number of rotatable bonds is 8. The van der Waals surface area contributed by atoms with Gasteiger partial charge in [-0.05, 0) is 19.5 Å². The van der Waals surface area contributed by atoms with Crippen molar-refractivity contribution >= 4 is 5.97 Å². The van der Waals surface area contributed by atoms with E-state index in [1.54, 1.807) is 0 Å². The molecular weight excluding hydrogens is 240 g/mol. The van der Waals surface area contributed by atoms with Crippen molar-refractivity contribution in [2.45, 2.75) is 52.4 Å². The van der Waals surface area contributed by atoms with Crippen LogP contribution in [0.15, 0.2) is 25.2 Å². The Morgan fingerprint density at radius 1 is 1.26 bits per heavy atom. The monoisotopic (exact) mass is 268 g/mol. The number of carboxylic acids is 1. The highest BCUT2D eigenvalue weighted by atomic mass is 16.4. The molecule has 0 fully saturated rings. The second kappa shape index (κ2) is 11.6. The molecule has 1 aliphatic heterocycles. The van der Waals surface area contributed by atoms with Crippen molar-refractivity contribution in [2.75, 3.05) is 13.2 Å². The van der Waals surface area contributed by atoms with E-state index in [2.05, 4.69) is 31.5 Å². The first-order valence-electron chi connectivity index (χ1n) is 7.16. The van der Waals surface area contributed by atoms with Crippen molar-refractivity contribution in [2.24, 2.45) is 0 Å². The first-order chi connectivity index (χ1) is 9.13. The lowest BCUT2D eigenvalue weighted by Crippen LogP contribution is -2.20. The Bertz CT molecular complexity index is 277. The van der Waals surface area contributed by atoms with Crippen molar-refractivity contribution < 1.29 is 9.90 Å². The van der Waals surface area contributed by atoms with Crippen LogP contribution in [0.5, 0.6) is 0 Å². The Morgan fingerprint density at radius 2 is 1.95 bits per heavy atom.